The summed E-state index contributed by atoms with van der Waals surface area (Å²) in [4.78, 5) is 28.7. The molecule has 28 heavy (non-hydrogen) atoms. The molecule has 0 saturated heterocycles. The second kappa shape index (κ2) is 14.0. The lowest BCUT2D eigenvalue weighted by molar-refractivity contribution is 0.0954. The Morgan fingerprint density at radius 3 is 1.79 bits per heavy atom. The molecule has 154 valence electrons. The van der Waals surface area contributed by atoms with Gasteiger partial charge in [-0.1, -0.05) is 21.6 Å². The molecule has 0 aliphatic rings. The summed E-state index contributed by atoms with van der Waals surface area (Å²) >= 11 is 7.55. The van der Waals surface area contributed by atoms with Gasteiger partial charge in [-0.05, 0) is 69.4 Å². The van der Waals surface area contributed by atoms with Crippen LogP contribution in [0, 0.1) is 5.77 Å². The van der Waals surface area contributed by atoms with Crippen molar-refractivity contribution >= 4 is 101 Å². The standard InChI is InChI=1S/C18H22I2N2O2S4/c19-17-3-1-15(27-17)13(23)5-8-22(10-12-26-25-11-7-21)9-6-14(24)16-2-4-18(20)28-16/h1-4H,5-12,21H2. The predicted molar refractivity (Wildman–Crippen MR) is 142 cm³/mol. The van der Waals surface area contributed by atoms with Gasteiger partial charge in [0.05, 0.1) is 15.5 Å². The van der Waals surface area contributed by atoms with E-state index in [4.69, 9.17) is 5.73 Å². The summed E-state index contributed by atoms with van der Waals surface area (Å²) in [6.45, 7) is 2.92. The highest BCUT2D eigenvalue weighted by atomic mass is 127. The lowest BCUT2D eigenvalue weighted by Gasteiger charge is -2.21. The first-order valence-electron chi connectivity index (χ1n) is 8.73. The summed E-state index contributed by atoms with van der Waals surface area (Å²) in [5.74, 6) is 2.26. The number of hydrogen-bond acceptors (Lipinski definition) is 8. The number of hydrogen-bond donors (Lipinski definition) is 1. The molecule has 0 spiro atoms. The molecule has 0 unspecified atom stereocenters. The molecule has 2 rings (SSSR count). The minimum atomic E-state index is 0.183. The molecule has 10 heteroatoms. The van der Waals surface area contributed by atoms with Gasteiger partial charge in [0.15, 0.2) is 11.6 Å². The average molecular weight is 680 g/mol. The Hall–Kier alpha value is 0.820. The van der Waals surface area contributed by atoms with Crippen LogP contribution >= 0.6 is 89.4 Å². The third-order valence-corrected chi connectivity index (χ3v) is 10.1. The molecule has 0 atom stereocenters. The first-order valence-corrected chi connectivity index (χ1v) is 15.0. The molecule has 0 saturated carbocycles. The molecule has 0 amide bonds. The van der Waals surface area contributed by atoms with Crippen molar-refractivity contribution in [3.05, 3.63) is 39.8 Å². The van der Waals surface area contributed by atoms with E-state index in [0.717, 1.165) is 33.6 Å². The summed E-state index contributed by atoms with van der Waals surface area (Å²) in [7, 11) is 3.58. The Morgan fingerprint density at radius 1 is 0.857 bits per heavy atom. The van der Waals surface area contributed by atoms with Gasteiger partial charge in [-0.2, -0.15) is 0 Å². The predicted octanol–water partition coefficient (Wildman–Crippen LogP) is 5.51. The fourth-order valence-corrected chi connectivity index (χ4v) is 7.43. The number of nitrogens with two attached hydrogens (primary N) is 1. The van der Waals surface area contributed by atoms with Crippen LogP contribution < -0.4 is 5.73 Å². The molecule has 0 radical (unpaired) electrons. The minimum Gasteiger partial charge on any atom is -0.330 e. The summed E-state index contributed by atoms with van der Waals surface area (Å²) in [5, 5.41) is 0. The second-order valence-electron chi connectivity index (χ2n) is 5.83. The highest BCUT2D eigenvalue weighted by Crippen LogP contribution is 2.22. The van der Waals surface area contributed by atoms with Gasteiger partial charge >= 0.3 is 0 Å². The van der Waals surface area contributed by atoms with Gasteiger partial charge in [-0.3, -0.25) is 9.59 Å². The Kier molecular flexibility index (Phi) is 12.5. The van der Waals surface area contributed by atoms with Gasteiger partial charge in [0.2, 0.25) is 0 Å². The quantitative estimate of drug-likeness (QED) is 0.123. The second-order valence-corrected chi connectivity index (χ2v) is 14.5. The normalized spacial score (nSPS) is 11.3. The topological polar surface area (TPSA) is 63.4 Å². The van der Waals surface area contributed by atoms with E-state index in [2.05, 4.69) is 50.1 Å². The van der Waals surface area contributed by atoms with Gasteiger partial charge in [0.1, 0.15) is 0 Å². The SMILES string of the molecule is NCCSSCCN(CCC(=O)c1ccc(I)s1)CCC(=O)c1ccc(I)s1. The highest BCUT2D eigenvalue weighted by molar-refractivity contribution is 14.1. The van der Waals surface area contributed by atoms with E-state index in [0.29, 0.717) is 32.5 Å². The molecule has 2 N–H and O–H groups in total. The lowest BCUT2D eigenvalue weighted by atomic mass is 10.2. The number of nitrogens with zero attached hydrogens (tertiary/aromatic N) is 1. The zero-order chi connectivity index (χ0) is 20.4. The van der Waals surface area contributed by atoms with Crippen molar-refractivity contribution in [2.45, 2.75) is 12.8 Å². The van der Waals surface area contributed by atoms with Gasteiger partial charge in [-0.15, -0.1) is 22.7 Å². The van der Waals surface area contributed by atoms with E-state index < -0.39 is 0 Å². The molecule has 0 aromatic carbocycles. The van der Waals surface area contributed by atoms with Crippen LogP contribution in [0.4, 0.5) is 0 Å². The summed E-state index contributed by atoms with van der Waals surface area (Å²) in [6, 6.07) is 7.76. The number of halogens is 2. The van der Waals surface area contributed by atoms with Crippen molar-refractivity contribution in [2.75, 3.05) is 37.7 Å². The Balaban J connectivity index is 1.84. The lowest BCUT2D eigenvalue weighted by Crippen LogP contribution is -2.30. The molecular weight excluding hydrogens is 658 g/mol. The van der Waals surface area contributed by atoms with Crippen molar-refractivity contribution < 1.29 is 9.59 Å². The maximum Gasteiger partial charge on any atom is 0.174 e. The van der Waals surface area contributed by atoms with Gasteiger partial charge in [0.25, 0.3) is 0 Å². The number of thiophene rings is 2. The van der Waals surface area contributed by atoms with Crippen LogP contribution in [0.15, 0.2) is 24.3 Å². The van der Waals surface area contributed by atoms with Crippen LogP contribution in [0.3, 0.4) is 0 Å². The number of carbonyl (C=O) groups excluding carboxylic acids is 2. The Morgan fingerprint density at radius 2 is 1.36 bits per heavy atom. The molecule has 0 aliphatic carbocycles. The van der Waals surface area contributed by atoms with Crippen molar-refractivity contribution in [3.63, 3.8) is 0 Å². The molecule has 0 bridgehead atoms. The summed E-state index contributed by atoms with van der Waals surface area (Å²) in [6.07, 6.45) is 0.977. The van der Waals surface area contributed by atoms with E-state index in [-0.39, 0.29) is 11.6 Å². The van der Waals surface area contributed by atoms with E-state index >= 15 is 0 Å². The van der Waals surface area contributed by atoms with Crippen LogP contribution in [0.2, 0.25) is 0 Å². The van der Waals surface area contributed by atoms with E-state index in [9.17, 15) is 9.59 Å². The highest BCUT2D eigenvalue weighted by Gasteiger charge is 2.15. The van der Waals surface area contributed by atoms with E-state index in [1.807, 2.05) is 24.3 Å². The first-order chi connectivity index (χ1) is 13.5. The van der Waals surface area contributed by atoms with Crippen molar-refractivity contribution in [3.8, 4) is 0 Å². The third kappa shape index (κ3) is 9.31. The average Bonchev–Trinajstić information content (AvgIpc) is 3.31. The van der Waals surface area contributed by atoms with Crippen LogP contribution in [0.25, 0.3) is 0 Å². The maximum atomic E-state index is 12.4. The zero-order valence-corrected chi connectivity index (χ0v) is 22.8. The molecule has 0 fully saturated rings. The third-order valence-electron chi connectivity index (χ3n) is 3.78. The minimum absolute atomic E-state index is 0.183. The number of ketones is 2. The van der Waals surface area contributed by atoms with Crippen LogP contribution in [-0.2, 0) is 0 Å². The fraction of sp³-hybridized carbons (Fsp3) is 0.444. The number of carbonyl (C=O) groups is 2. The molecule has 2 heterocycles. The smallest absolute Gasteiger partial charge is 0.174 e. The zero-order valence-electron chi connectivity index (χ0n) is 15.2. The van der Waals surface area contributed by atoms with Gasteiger partial charge < -0.3 is 10.6 Å². The van der Waals surface area contributed by atoms with E-state index in [1.54, 1.807) is 21.6 Å². The van der Waals surface area contributed by atoms with Crippen LogP contribution in [-0.4, -0.2) is 54.2 Å². The fourth-order valence-electron chi connectivity index (χ4n) is 2.36. The first kappa shape index (κ1) is 25.1. The number of rotatable bonds is 14. The van der Waals surface area contributed by atoms with Crippen LogP contribution in [0.1, 0.15) is 32.2 Å². The largest absolute Gasteiger partial charge is 0.330 e. The molecule has 2 aromatic heterocycles. The van der Waals surface area contributed by atoms with Gasteiger partial charge in [-0.25, -0.2) is 0 Å². The maximum absolute atomic E-state index is 12.4. The summed E-state index contributed by atoms with van der Waals surface area (Å²) < 4.78 is 2.25. The molecule has 2 aromatic rings. The van der Waals surface area contributed by atoms with Crippen molar-refractivity contribution in [1.82, 2.24) is 4.90 Å². The summed E-state index contributed by atoms with van der Waals surface area (Å²) in [5.41, 5.74) is 5.53. The monoisotopic (exact) mass is 680 g/mol. The van der Waals surface area contributed by atoms with E-state index in [1.165, 1.54) is 22.7 Å². The number of Topliss-reactive ketones (excluding diaryl/α,β-unsaturated/α-hetero) is 2. The molecular formula is C18H22I2N2O2S4. The molecule has 4 nitrogen and oxygen atoms in total. The Bertz CT molecular complexity index is 710. The van der Waals surface area contributed by atoms with Crippen molar-refractivity contribution in [2.24, 2.45) is 5.73 Å². The van der Waals surface area contributed by atoms with Crippen molar-refractivity contribution in [1.29, 1.82) is 0 Å². The molecule has 0 aliphatic heterocycles. The van der Waals surface area contributed by atoms with Gasteiger partial charge in [0, 0.05) is 50.5 Å². The Labute approximate surface area is 209 Å². The van der Waals surface area contributed by atoms with Crippen LogP contribution in [0.5, 0.6) is 0 Å².